The molecule has 0 spiro atoms. The van der Waals surface area contributed by atoms with Crippen molar-refractivity contribution in [3.05, 3.63) is 48.8 Å². The average molecular weight is 374 g/mol. The summed E-state index contributed by atoms with van der Waals surface area (Å²) in [5, 5.41) is 19.2. The summed E-state index contributed by atoms with van der Waals surface area (Å²) in [4.78, 5) is 4.24. The molecular formula is C21H22N6O. The van der Waals surface area contributed by atoms with Crippen LogP contribution < -0.4 is 5.32 Å². The van der Waals surface area contributed by atoms with Crippen LogP contribution in [0.3, 0.4) is 0 Å². The SMILES string of the molecule is CCCCC1(Nc2cccc(-c3n[nH]c4ccc(-c5ncn[nH]5)cc34)c2)CO1. The second-order valence-corrected chi connectivity index (χ2v) is 7.26. The summed E-state index contributed by atoms with van der Waals surface area (Å²) in [5.41, 5.74) is 4.79. The zero-order valence-electron chi connectivity index (χ0n) is 15.7. The quantitative estimate of drug-likeness (QED) is 0.418. The highest BCUT2D eigenvalue weighted by atomic mass is 16.6. The molecule has 4 aromatic rings. The maximum atomic E-state index is 5.71. The van der Waals surface area contributed by atoms with Gasteiger partial charge in [-0.3, -0.25) is 10.2 Å². The van der Waals surface area contributed by atoms with Gasteiger partial charge in [0.1, 0.15) is 6.33 Å². The number of aromatic nitrogens is 5. The van der Waals surface area contributed by atoms with Gasteiger partial charge in [0.05, 0.1) is 17.8 Å². The lowest BCUT2D eigenvalue weighted by molar-refractivity contribution is 0.311. The molecule has 0 aliphatic carbocycles. The van der Waals surface area contributed by atoms with Crippen LogP contribution in [0.25, 0.3) is 33.5 Å². The number of ether oxygens (including phenoxy) is 1. The van der Waals surface area contributed by atoms with Gasteiger partial charge in [-0.25, -0.2) is 4.98 Å². The first kappa shape index (κ1) is 16.9. The molecule has 1 saturated heterocycles. The molecule has 2 aromatic carbocycles. The molecule has 1 aliphatic rings. The van der Waals surface area contributed by atoms with Gasteiger partial charge in [-0.15, -0.1) is 0 Å². The summed E-state index contributed by atoms with van der Waals surface area (Å²) in [6.45, 7) is 2.97. The number of H-pyrrole nitrogens is 2. The first-order chi connectivity index (χ1) is 13.8. The van der Waals surface area contributed by atoms with Gasteiger partial charge in [0, 0.05) is 22.2 Å². The molecule has 0 bridgehead atoms. The molecule has 7 heteroatoms. The summed E-state index contributed by atoms with van der Waals surface area (Å²) < 4.78 is 5.71. The van der Waals surface area contributed by atoms with Crippen molar-refractivity contribution >= 4 is 16.6 Å². The minimum Gasteiger partial charge on any atom is -0.356 e. The summed E-state index contributed by atoms with van der Waals surface area (Å²) in [6.07, 6.45) is 4.86. The van der Waals surface area contributed by atoms with E-state index in [0.717, 1.165) is 58.7 Å². The van der Waals surface area contributed by atoms with E-state index in [0.29, 0.717) is 0 Å². The van der Waals surface area contributed by atoms with Crippen LogP contribution in [0.1, 0.15) is 26.2 Å². The number of anilines is 1. The lowest BCUT2D eigenvalue weighted by Gasteiger charge is -2.15. The van der Waals surface area contributed by atoms with E-state index in [1.807, 2.05) is 18.2 Å². The van der Waals surface area contributed by atoms with Crippen molar-refractivity contribution in [1.82, 2.24) is 25.4 Å². The van der Waals surface area contributed by atoms with Crippen molar-refractivity contribution in [2.75, 3.05) is 11.9 Å². The Morgan fingerprint density at radius 1 is 1.14 bits per heavy atom. The number of hydrogen-bond donors (Lipinski definition) is 3. The van der Waals surface area contributed by atoms with E-state index < -0.39 is 0 Å². The second-order valence-electron chi connectivity index (χ2n) is 7.26. The first-order valence-corrected chi connectivity index (χ1v) is 9.63. The summed E-state index contributed by atoms with van der Waals surface area (Å²) >= 11 is 0. The number of nitrogens with one attached hydrogen (secondary N) is 3. The van der Waals surface area contributed by atoms with E-state index in [1.54, 1.807) is 0 Å². The number of rotatable bonds is 7. The van der Waals surface area contributed by atoms with Gasteiger partial charge in [0.2, 0.25) is 0 Å². The highest BCUT2D eigenvalue weighted by molar-refractivity contribution is 5.95. The molecule has 28 heavy (non-hydrogen) atoms. The third-order valence-corrected chi connectivity index (χ3v) is 5.19. The van der Waals surface area contributed by atoms with E-state index in [-0.39, 0.29) is 5.72 Å². The molecule has 1 fully saturated rings. The Balaban J connectivity index is 1.48. The van der Waals surface area contributed by atoms with Crippen LogP contribution in [0, 0.1) is 0 Å². The van der Waals surface area contributed by atoms with E-state index in [2.05, 4.69) is 61.9 Å². The average Bonchev–Trinajstić information content (AvgIpc) is 3.12. The predicted molar refractivity (Wildman–Crippen MR) is 109 cm³/mol. The largest absolute Gasteiger partial charge is 0.356 e. The minimum absolute atomic E-state index is 0.193. The standard InChI is InChI=1S/C21H22N6O/c1-2-3-9-21(12-28-21)24-16-6-4-5-14(10-16)19-17-11-15(20-22-13-23-27-20)7-8-18(17)25-26-19/h4-8,10-11,13,24H,2-3,9,12H2,1H3,(H,25,26)(H,22,23,27). The van der Waals surface area contributed by atoms with Crippen molar-refractivity contribution in [2.24, 2.45) is 0 Å². The van der Waals surface area contributed by atoms with Crippen LogP contribution in [0.2, 0.25) is 0 Å². The smallest absolute Gasteiger partial charge is 0.162 e. The minimum atomic E-state index is -0.193. The van der Waals surface area contributed by atoms with Gasteiger partial charge >= 0.3 is 0 Å². The lowest BCUT2D eigenvalue weighted by atomic mass is 10.0. The number of aromatic amines is 2. The number of hydrogen-bond acceptors (Lipinski definition) is 5. The normalized spacial score (nSPS) is 18.5. The topological polar surface area (TPSA) is 94.8 Å². The molecular weight excluding hydrogens is 352 g/mol. The maximum absolute atomic E-state index is 5.71. The Hall–Kier alpha value is -3.19. The van der Waals surface area contributed by atoms with Crippen LogP contribution in [0.4, 0.5) is 5.69 Å². The second kappa shape index (κ2) is 6.76. The molecule has 1 atom stereocenters. The number of unbranched alkanes of at least 4 members (excludes halogenated alkanes) is 1. The molecule has 2 aromatic heterocycles. The van der Waals surface area contributed by atoms with Crippen molar-refractivity contribution < 1.29 is 4.74 Å². The molecule has 5 rings (SSSR count). The van der Waals surface area contributed by atoms with E-state index in [9.17, 15) is 0 Å². The molecule has 0 saturated carbocycles. The number of fused-ring (bicyclic) bond motifs is 1. The van der Waals surface area contributed by atoms with Crippen LogP contribution >= 0.6 is 0 Å². The van der Waals surface area contributed by atoms with Crippen LogP contribution in [-0.2, 0) is 4.74 Å². The van der Waals surface area contributed by atoms with Gasteiger partial charge < -0.3 is 10.1 Å². The Morgan fingerprint density at radius 2 is 2.07 bits per heavy atom. The molecule has 3 N–H and O–H groups in total. The van der Waals surface area contributed by atoms with Gasteiger partial charge in [-0.05, 0) is 43.2 Å². The van der Waals surface area contributed by atoms with Crippen LogP contribution in [0.5, 0.6) is 0 Å². The van der Waals surface area contributed by atoms with Gasteiger partial charge in [-0.1, -0.05) is 25.5 Å². The Morgan fingerprint density at radius 3 is 2.86 bits per heavy atom. The molecule has 1 unspecified atom stereocenters. The van der Waals surface area contributed by atoms with Crippen LogP contribution in [-0.4, -0.2) is 37.7 Å². The van der Waals surface area contributed by atoms with E-state index >= 15 is 0 Å². The fraction of sp³-hybridized carbons (Fsp3) is 0.286. The summed E-state index contributed by atoms with van der Waals surface area (Å²) in [7, 11) is 0. The van der Waals surface area contributed by atoms with E-state index in [1.165, 1.54) is 12.7 Å². The van der Waals surface area contributed by atoms with E-state index in [4.69, 9.17) is 4.74 Å². The summed E-state index contributed by atoms with van der Waals surface area (Å²) in [6, 6.07) is 14.4. The maximum Gasteiger partial charge on any atom is 0.162 e. The Labute approximate surface area is 162 Å². The lowest BCUT2D eigenvalue weighted by Crippen LogP contribution is -2.22. The molecule has 7 nitrogen and oxygen atoms in total. The number of epoxide rings is 1. The highest BCUT2D eigenvalue weighted by Gasteiger charge is 2.43. The molecule has 142 valence electrons. The zero-order chi connectivity index (χ0) is 19.0. The van der Waals surface area contributed by atoms with Gasteiger partial charge in [0.15, 0.2) is 11.5 Å². The van der Waals surface area contributed by atoms with Crippen molar-refractivity contribution in [3.63, 3.8) is 0 Å². The third kappa shape index (κ3) is 3.14. The monoisotopic (exact) mass is 374 g/mol. The molecule has 0 radical (unpaired) electrons. The first-order valence-electron chi connectivity index (χ1n) is 9.63. The molecule has 0 amide bonds. The molecule has 1 aliphatic heterocycles. The predicted octanol–water partition coefficient (Wildman–Crippen LogP) is 4.34. The fourth-order valence-corrected chi connectivity index (χ4v) is 3.56. The summed E-state index contributed by atoms with van der Waals surface area (Å²) in [5.74, 6) is 0.744. The van der Waals surface area contributed by atoms with Gasteiger partial charge in [-0.2, -0.15) is 10.2 Å². The van der Waals surface area contributed by atoms with Crippen molar-refractivity contribution in [3.8, 4) is 22.6 Å². The number of nitrogens with zero attached hydrogens (tertiary/aromatic N) is 3. The molecule has 3 heterocycles. The Bertz CT molecular complexity index is 1100. The van der Waals surface area contributed by atoms with Gasteiger partial charge in [0.25, 0.3) is 0 Å². The number of benzene rings is 2. The van der Waals surface area contributed by atoms with Crippen molar-refractivity contribution in [1.29, 1.82) is 0 Å². The third-order valence-electron chi connectivity index (χ3n) is 5.19. The highest BCUT2D eigenvalue weighted by Crippen LogP contribution is 2.36. The van der Waals surface area contributed by atoms with Crippen molar-refractivity contribution in [2.45, 2.75) is 31.9 Å². The van der Waals surface area contributed by atoms with Crippen LogP contribution in [0.15, 0.2) is 48.8 Å². The zero-order valence-corrected chi connectivity index (χ0v) is 15.7. The fourth-order valence-electron chi connectivity index (χ4n) is 3.56. The Kier molecular flexibility index (Phi) is 4.09.